The van der Waals surface area contributed by atoms with Gasteiger partial charge in [0, 0.05) is 11.9 Å². The number of halogens is 1. The first-order valence-electron chi connectivity index (χ1n) is 5.49. The standard InChI is InChI=1S/C13H10FN3O2S/c1-2-10-6-11(8-16-10)20(18,19)17-13-4-3-9(7-15)5-12(13)14/h2-6,8,16-17H,1H2. The summed E-state index contributed by atoms with van der Waals surface area (Å²) in [6, 6.07) is 6.63. The van der Waals surface area contributed by atoms with E-state index in [2.05, 4.69) is 16.3 Å². The zero-order valence-electron chi connectivity index (χ0n) is 10.2. The number of anilines is 1. The highest BCUT2D eigenvalue weighted by Crippen LogP contribution is 2.20. The molecule has 0 amide bonds. The molecule has 0 unspecified atom stereocenters. The quantitative estimate of drug-likeness (QED) is 0.907. The van der Waals surface area contributed by atoms with Crippen molar-refractivity contribution in [3.63, 3.8) is 0 Å². The van der Waals surface area contributed by atoms with Crippen LogP contribution in [0.2, 0.25) is 0 Å². The van der Waals surface area contributed by atoms with Crippen LogP contribution >= 0.6 is 0 Å². The van der Waals surface area contributed by atoms with Crippen molar-refractivity contribution in [1.29, 1.82) is 5.26 Å². The molecule has 0 aliphatic heterocycles. The van der Waals surface area contributed by atoms with Crippen molar-refractivity contribution in [2.24, 2.45) is 0 Å². The van der Waals surface area contributed by atoms with Crippen molar-refractivity contribution in [3.05, 3.63) is 54.1 Å². The van der Waals surface area contributed by atoms with E-state index in [1.165, 1.54) is 30.5 Å². The maximum Gasteiger partial charge on any atom is 0.263 e. The first-order valence-corrected chi connectivity index (χ1v) is 6.98. The molecule has 0 bridgehead atoms. The van der Waals surface area contributed by atoms with Crippen molar-refractivity contribution in [3.8, 4) is 6.07 Å². The van der Waals surface area contributed by atoms with Gasteiger partial charge in [0.1, 0.15) is 10.7 Å². The van der Waals surface area contributed by atoms with Gasteiger partial charge in [0.25, 0.3) is 10.0 Å². The Kier molecular flexibility index (Phi) is 3.59. The van der Waals surface area contributed by atoms with Gasteiger partial charge in [0.05, 0.1) is 17.3 Å². The Labute approximate surface area is 115 Å². The second-order valence-electron chi connectivity index (χ2n) is 3.91. The molecule has 1 heterocycles. The summed E-state index contributed by atoms with van der Waals surface area (Å²) >= 11 is 0. The minimum Gasteiger partial charge on any atom is -0.360 e. The van der Waals surface area contributed by atoms with Gasteiger partial charge >= 0.3 is 0 Å². The predicted octanol–water partition coefficient (Wildman–Crippen LogP) is 2.47. The maximum atomic E-state index is 13.7. The largest absolute Gasteiger partial charge is 0.360 e. The SMILES string of the molecule is C=Cc1cc(S(=O)(=O)Nc2ccc(C#N)cc2F)c[nH]1. The van der Waals surface area contributed by atoms with Gasteiger partial charge in [-0.2, -0.15) is 5.26 Å². The molecule has 2 N–H and O–H groups in total. The highest BCUT2D eigenvalue weighted by molar-refractivity contribution is 7.92. The second kappa shape index (κ2) is 5.19. The molecule has 0 atom stereocenters. The molecule has 5 nitrogen and oxygen atoms in total. The van der Waals surface area contributed by atoms with Crippen LogP contribution in [0.5, 0.6) is 0 Å². The van der Waals surface area contributed by atoms with Crippen molar-refractivity contribution < 1.29 is 12.8 Å². The van der Waals surface area contributed by atoms with E-state index in [9.17, 15) is 12.8 Å². The monoisotopic (exact) mass is 291 g/mol. The fourth-order valence-corrected chi connectivity index (χ4v) is 2.60. The van der Waals surface area contributed by atoms with Crippen LogP contribution < -0.4 is 4.72 Å². The molecule has 0 spiro atoms. The van der Waals surface area contributed by atoms with E-state index in [-0.39, 0.29) is 16.1 Å². The summed E-state index contributed by atoms with van der Waals surface area (Å²) in [5, 5.41) is 8.62. The Morgan fingerprint density at radius 2 is 2.15 bits per heavy atom. The molecule has 102 valence electrons. The molecule has 0 saturated carbocycles. The first kappa shape index (κ1) is 13.8. The lowest BCUT2D eigenvalue weighted by molar-refractivity contribution is 0.598. The number of aromatic amines is 1. The number of hydrogen-bond acceptors (Lipinski definition) is 3. The zero-order valence-corrected chi connectivity index (χ0v) is 11.0. The average molecular weight is 291 g/mol. The number of nitrogens with zero attached hydrogens (tertiary/aromatic N) is 1. The van der Waals surface area contributed by atoms with E-state index in [1.54, 1.807) is 6.07 Å². The number of hydrogen-bond donors (Lipinski definition) is 2. The molecule has 0 aliphatic carbocycles. The Balaban J connectivity index is 2.33. The molecule has 0 radical (unpaired) electrons. The number of aromatic nitrogens is 1. The Morgan fingerprint density at radius 1 is 1.40 bits per heavy atom. The number of benzene rings is 1. The molecule has 0 aliphatic rings. The number of sulfonamides is 1. The van der Waals surface area contributed by atoms with Crippen molar-refractivity contribution in [2.45, 2.75) is 4.90 Å². The summed E-state index contributed by atoms with van der Waals surface area (Å²) in [5.74, 6) is -0.813. The van der Waals surface area contributed by atoms with Gasteiger partial charge in [-0.15, -0.1) is 0 Å². The van der Waals surface area contributed by atoms with E-state index < -0.39 is 15.8 Å². The molecule has 7 heteroatoms. The number of nitrogens with one attached hydrogen (secondary N) is 2. The summed E-state index contributed by atoms with van der Waals surface area (Å²) in [7, 11) is -3.90. The van der Waals surface area contributed by atoms with Crippen LogP contribution in [-0.4, -0.2) is 13.4 Å². The molecule has 2 rings (SSSR count). The fourth-order valence-electron chi connectivity index (χ4n) is 1.54. The lowest BCUT2D eigenvalue weighted by Crippen LogP contribution is -2.13. The minimum atomic E-state index is -3.90. The third kappa shape index (κ3) is 2.70. The highest BCUT2D eigenvalue weighted by atomic mass is 32.2. The van der Waals surface area contributed by atoms with Gasteiger partial charge in [-0.3, -0.25) is 4.72 Å². The molecule has 2 aromatic rings. The first-order chi connectivity index (χ1) is 9.46. The van der Waals surface area contributed by atoms with Crippen molar-refractivity contribution >= 4 is 21.8 Å². The van der Waals surface area contributed by atoms with Gasteiger partial charge in [-0.1, -0.05) is 6.58 Å². The normalized spacial score (nSPS) is 10.8. The Bertz CT molecular complexity index is 803. The topological polar surface area (TPSA) is 85.8 Å². The summed E-state index contributed by atoms with van der Waals surface area (Å²) in [5.41, 5.74) is 0.428. The van der Waals surface area contributed by atoms with Gasteiger partial charge < -0.3 is 4.98 Å². The highest BCUT2D eigenvalue weighted by Gasteiger charge is 2.17. The van der Waals surface area contributed by atoms with Crippen LogP contribution in [0.25, 0.3) is 6.08 Å². The van der Waals surface area contributed by atoms with Gasteiger partial charge in [0.2, 0.25) is 0 Å². The third-order valence-electron chi connectivity index (χ3n) is 2.55. The predicted molar refractivity (Wildman–Crippen MR) is 72.8 cm³/mol. The zero-order chi connectivity index (χ0) is 14.8. The summed E-state index contributed by atoms with van der Waals surface area (Å²) in [6.45, 7) is 3.51. The van der Waals surface area contributed by atoms with Gasteiger partial charge in [-0.25, -0.2) is 12.8 Å². The van der Waals surface area contributed by atoms with Gasteiger partial charge in [0.15, 0.2) is 0 Å². The van der Waals surface area contributed by atoms with Crippen LogP contribution in [0, 0.1) is 17.1 Å². The van der Waals surface area contributed by atoms with Gasteiger partial charge in [-0.05, 0) is 30.3 Å². The lowest BCUT2D eigenvalue weighted by Gasteiger charge is -2.07. The summed E-state index contributed by atoms with van der Waals surface area (Å²) in [4.78, 5) is 2.67. The molecule has 1 aromatic heterocycles. The molecule has 0 saturated heterocycles. The molecule has 0 fully saturated rings. The van der Waals surface area contributed by atoms with Crippen LogP contribution in [-0.2, 0) is 10.0 Å². The molecular formula is C13H10FN3O2S. The van der Waals surface area contributed by atoms with E-state index in [1.807, 2.05) is 0 Å². The maximum absolute atomic E-state index is 13.7. The summed E-state index contributed by atoms with van der Waals surface area (Å²) < 4.78 is 39.9. The minimum absolute atomic E-state index is 0.0313. The lowest BCUT2D eigenvalue weighted by atomic mass is 10.2. The smallest absolute Gasteiger partial charge is 0.263 e. The number of H-pyrrole nitrogens is 1. The van der Waals surface area contributed by atoms with Crippen molar-refractivity contribution in [1.82, 2.24) is 4.98 Å². The fraction of sp³-hybridized carbons (Fsp3) is 0. The molecule has 20 heavy (non-hydrogen) atoms. The van der Waals surface area contributed by atoms with Crippen molar-refractivity contribution in [2.75, 3.05) is 4.72 Å². The third-order valence-corrected chi connectivity index (χ3v) is 3.90. The van der Waals surface area contributed by atoms with E-state index in [0.717, 1.165) is 6.07 Å². The van der Waals surface area contributed by atoms with Crippen LogP contribution in [0.15, 0.2) is 41.9 Å². The van der Waals surface area contributed by atoms with Crippen LogP contribution in [0.4, 0.5) is 10.1 Å². The number of nitriles is 1. The summed E-state index contributed by atoms with van der Waals surface area (Å²) in [6.07, 6.45) is 2.74. The Morgan fingerprint density at radius 3 is 2.70 bits per heavy atom. The average Bonchev–Trinajstić information content (AvgIpc) is 2.90. The van der Waals surface area contributed by atoms with E-state index in [0.29, 0.717) is 5.69 Å². The van der Waals surface area contributed by atoms with E-state index >= 15 is 0 Å². The van der Waals surface area contributed by atoms with E-state index in [4.69, 9.17) is 5.26 Å². The van der Waals surface area contributed by atoms with Crippen LogP contribution in [0.1, 0.15) is 11.3 Å². The Hall–Kier alpha value is -2.59. The molecular weight excluding hydrogens is 281 g/mol. The second-order valence-corrected chi connectivity index (χ2v) is 5.59. The number of rotatable bonds is 4. The molecule has 1 aromatic carbocycles. The van der Waals surface area contributed by atoms with Crippen LogP contribution in [0.3, 0.4) is 0 Å².